The number of aryl methyl sites for hydroxylation is 1. The molecule has 0 fully saturated rings. The van der Waals surface area contributed by atoms with Crippen molar-refractivity contribution in [3.63, 3.8) is 0 Å². The van der Waals surface area contributed by atoms with E-state index in [1.54, 1.807) is 0 Å². The van der Waals surface area contributed by atoms with Crippen LogP contribution >= 0.6 is 0 Å². The Labute approximate surface area is 160 Å². The van der Waals surface area contributed by atoms with Crippen LogP contribution < -0.4 is 0 Å². The zero-order valence-electron chi connectivity index (χ0n) is 15.6. The molecule has 0 aliphatic rings. The molecule has 0 amide bonds. The van der Waals surface area contributed by atoms with Gasteiger partial charge in [-0.2, -0.15) is 0 Å². The highest BCUT2D eigenvalue weighted by atomic mass is 16.5. The van der Waals surface area contributed by atoms with Crippen molar-refractivity contribution in [2.45, 2.75) is 31.6 Å². The Hall–Kier alpha value is -2.94. The van der Waals surface area contributed by atoms with Crippen LogP contribution in [-0.4, -0.2) is 18.9 Å². The van der Waals surface area contributed by atoms with Gasteiger partial charge in [-0.1, -0.05) is 72.8 Å². The molecule has 0 bridgehead atoms. The molecule has 0 heterocycles. The molecule has 0 N–H and O–H groups in total. The van der Waals surface area contributed by atoms with Crippen LogP contribution in [0.4, 0.5) is 0 Å². The molecule has 3 heteroatoms. The van der Waals surface area contributed by atoms with Crippen molar-refractivity contribution in [2.24, 2.45) is 0 Å². The van der Waals surface area contributed by atoms with Crippen molar-refractivity contribution in [3.8, 4) is 0 Å². The number of methoxy groups -OCH3 is 1. The zero-order chi connectivity index (χ0) is 19.1. The second-order valence-corrected chi connectivity index (χ2v) is 6.75. The van der Waals surface area contributed by atoms with E-state index in [1.807, 2.05) is 72.8 Å². The van der Waals surface area contributed by atoms with Crippen molar-refractivity contribution in [2.75, 3.05) is 7.11 Å². The first-order chi connectivity index (χ1) is 13.2. The lowest BCUT2D eigenvalue weighted by atomic mass is 9.91. The van der Waals surface area contributed by atoms with Crippen molar-refractivity contribution < 1.29 is 14.3 Å². The number of benzene rings is 3. The molecule has 27 heavy (non-hydrogen) atoms. The van der Waals surface area contributed by atoms with Gasteiger partial charge in [0.1, 0.15) is 5.78 Å². The summed E-state index contributed by atoms with van der Waals surface area (Å²) >= 11 is 0. The fraction of sp³-hybridized carbons (Fsp3) is 0.250. The van der Waals surface area contributed by atoms with E-state index in [1.165, 1.54) is 7.11 Å². The van der Waals surface area contributed by atoms with Crippen LogP contribution in [-0.2, 0) is 20.7 Å². The number of hydrogen-bond donors (Lipinski definition) is 0. The summed E-state index contributed by atoms with van der Waals surface area (Å²) in [6, 6.07) is 24.0. The second kappa shape index (κ2) is 9.13. The normalized spacial score (nSPS) is 11.9. The number of Topliss-reactive ketones (excluding diaryl/α,β-unsaturated/α-hetero) is 1. The van der Waals surface area contributed by atoms with Crippen LogP contribution in [0.2, 0.25) is 0 Å². The number of carbonyl (C=O) groups excluding carboxylic acids is 2. The number of ether oxygens (including phenoxy) is 1. The average Bonchev–Trinajstić information content (AvgIpc) is 2.72. The van der Waals surface area contributed by atoms with Gasteiger partial charge < -0.3 is 4.74 Å². The van der Waals surface area contributed by atoms with E-state index in [0.29, 0.717) is 19.3 Å². The highest BCUT2D eigenvalue weighted by molar-refractivity contribution is 5.86. The molecule has 1 atom stereocenters. The molecular formula is C24H24O3. The SMILES string of the molecule is COC(=O)C(CCC(=O)CCc1ccccc1)c1ccc2ccccc2c1. The largest absolute Gasteiger partial charge is 0.469 e. The van der Waals surface area contributed by atoms with Gasteiger partial charge in [0.2, 0.25) is 0 Å². The Morgan fingerprint density at radius 1 is 0.852 bits per heavy atom. The first kappa shape index (κ1) is 18.8. The highest BCUT2D eigenvalue weighted by Crippen LogP contribution is 2.27. The summed E-state index contributed by atoms with van der Waals surface area (Å²) in [5.41, 5.74) is 2.06. The predicted octanol–water partition coefficient (Wildman–Crippen LogP) is 5.08. The van der Waals surface area contributed by atoms with E-state index in [4.69, 9.17) is 4.74 Å². The molecular weight excluding hydrogens is 336 g/mol. The molecule has 138 valence electrons. The molecule has 0 saturated heterocycles. The quantitative estimate of drug-likeness (QED) is 0.526. The van der Waals surface area contributed by atoms with Crippen LogP contribution in [0.5, 0.6) is 0 Å². The van der Waals surface area contributed by atoms with Crippen LogP contribution in [0.25, 0.3) is 10.8 Å². The van der Waals surface area contributed by atoms with Crippen LogP contribution in [0, 0.1) is 0 Å². The molecule has 0 aliphatic heterocycles. The maximum Gasteiger partial charge on any atom is 0.313 e. The summed E-state index contributed by atoms with van der Waals surface area (Å²) in [5, 5.41) is 2.21. The third kappa shape index (κ3) is 5.04. The zero-order valence-corrected chi connectivity index (χ0v) is 15.6. The molecule has 3 aromatic carbocycles. The summed E-state index contributed by atoms with van der Waals surface area (Å²) in [6.45, 7) is 0. The summed E-state index contributed by atoms with van der Waals surface area (Å²) < 4.78 is 4.99. The Morgan fingerprint density at radius 2 is 1.56 bits per heavy atom. The molecule has 3 aromatic rings. The minimum atomic E-state index is -0.416. The number of hydrogen-bond acceptors (Lipinski definition) is 3. The first-order valence-corrected chi connectivity index (χ1v) is 9.29. The monoisotopic (exact) mass is 360 g/mol. The third-order valence-electron chi connectivity index (χ3n) is 4.91. The molecule has 0 spiro atoms. The predicted molar refractivity (Wildman–Crippen MR) is 108 cm³/mol. The molecule has 0 saturated carbocycles. The summed E-state index contributed by atoms with van der Waals surface area (Å²) in [6.07, 6.45) is 2.08. The lowest BCUT2D eigenvalue weighted by Crippen LogP contribution is -2.16. The molecule has 0 aliphatic carbocycles. The lowest BCUT2D eigenvalue weighted by molar-refractivity contribution is -0.142. The smallest absolute Gasteiger partial charge is 0.313 e. The van der Waals surface area contributed by atoms with Crippen molar-refractivity contribution in [3.05, 3.63) is 83.9 Å². The standard InChI is InChI=1S/C24H24O3/c1-27-24(26)23(21-13-12-19-9-5-6-10-20(19)17-21)16-15-22(25)14-11-18-7-3-2-4-8-18/h2-10,12-13,17,23H,11,14-16H2,1H3. The summed E-state index contributed by atoms with van der Waals surface area (Å²) in [5.74, 6) is -0.532. The van der Waals surface area contributed by atoms with Crippen molar-refractivity contribution in [1.29, 1.82) is 0 Å². The number of carbonyl (C=O) groups is 2. The maximum atomic E-state index is 12.3. The van der Waals surface area contributed by atoms with Crippen LogP contribution in [0.3, 0.4) is 0 Å². The summed E-state index contributed by atoms with van der Waals surface area (Å²) in [4.78, 5) is 24.6. The number of fused-ring (bicyclic) bond motifs is 1. The van der Waals surface area contributed by atoms with Gasteiger partial charge in [0.05, 0.1) is 13.0 Å². The Kier molecular flexibility index (Phi) is 6.37. The van der Waals surface area contributed by atoms with Crippen molar-refractivity contribution >= 4 is 22.5 Å². The Morgan fingerprint density at radius 3 is 2.30 bits per heavy atom. The van der Waals surface area contributed by atoms with E-state index in [-0.39, 0.29) is 11.8 Å². The van der Waals surface area contributed by atoms with Crippen LogP contribution in [0.1, 0.15) is 36.3 Å². The number of rotatable bonds is 8. The van der Waals surface area contributed by atoms with Gasteiger partial charge >= 0.3 is 5.97 Å². The Bertz CT molecular complexity index is 915. The van der Waals surface area contributed by atoms with E-state index in [2.05, 4.69) is 0 Å². The van der Waals surface area contributed by atoms with E-state index in [0.717, 1.165) is 28.3 Å². The second-order valence-electron chi connectivity index (χ2n) is 6.75. The maximum absolute atomic E-state index is 12.3. The molecule has 3 rings (SSSR count). The van der Waals surface area contributed by atoms with Gasteiger partial charge in [-0.05, 0) is 34.7 Å². The third-order valence-corrected chi connectivity index (χ3v) is 4.91. The first-order valence-electron chi connectivity index (χ1n) is 9.29. The fourth-order valence-electron chi connectivity index (χ4n) is 3.35. The lowest BCUT2D eigenvalue weighted by Gasteiger charge is -2.15. The van der Waals surface area contributed by atoms with Gasteiger partial charge in [0.15, 0.2) is 0 Å². The minimum absolute atomic E-state index is 0.175. The highest BCUT2D eigenvalue weighted by Gasteiger charge is 2.22. The molecule has 3 nitrogen and oxygen atoms in total. The Balaban J connectivity index is 1.65. The van der Waals surface area contributed by atoms with Gasteiger partial charge in [-0.3, -0.25) is 9.59 Å². The fourth-order valence-corrected chi connectivity index (χ4v) is 3.35. The van der Waals surface area contributed by atoms with E-state index in [9.17, 15) is 9.59 Å². The number of ketones is 1. The van der Waals surface area contributed by atoms with E-state index < -0.39 is 5.92 Å². The molecule has 1 unspecified atom stereocenters. The topological polar surface area (TPSA) is 43.4 Å². The van der Waals surface area contributed by atoms with Gasteiger partial charge in [-0.25, -0.2) is 0 Å². The minimum Gasteiger partial charge on any atom is -0.469 e. The van der Waals surface area contributed by atoms with Gasteiger partial charge in [0, 0.05) is 12.8 Å². The van der Waals surface area contributed by atoms with E-state index >= 15 is 0 Å². The summed E-state index contributed by atoms with van der Waals surface area (Å²) in [7, 11) is 1.40. The van der Waals surface area contributed by atoms with Crippen molar-refractivity contribution in [1.82, 2.24) is 0 Å². The molecule has 0 aromatic heterocycles. The average molecular weight is 360 g/mol. The van der Waals surface area contributed by atoms with Gasteiger partial charge in [0.25, 0.3) is 0 Å². The number of esters is 1. The van der Waals surface area contributed by atoms with Gasteiger partial charge in [-0.15, -0.1) is 0 Å². The van der Waals surface area contributed by atoms with Crippen LogP contribution in [0.15, 0.2) is 72.8 Å². The molecule has 0 radical (unpaired) electrons.